The van der Waals surface area contributed by atoms with E-state index in [-0.39, 0.29) is 11.7 Å². The molecular formula is C6H10O3S. The van der Waals surface area contributed by atoms with Crippen LogP contribution in [0.25, 0.3) is 0 Å². The smallest absolute Gasteiger partial charge is 0.304 e. The molecule has 58 valence electrons. The first-order chi connectivity index (χ1) is 4.79. The Bertz CT molecular complexity index is 120. The average molecular weight is 162 g/mol. The van der Waals surface area contributed by atoms with Crippen molar-refractivity contribution >= 4 is 17.7 Å². The monoisotopic (exact) mass is 162 g/mol. The van der Waals surface area contributed by atoms with Crippen molar-refractivity contribution in [1.29, 1.82) is 0 Å². The largest absolute Gasteiger partial charge is 0.481 e. The highest BCUT2D eigenvalue weighted by molar-refractivity contribution is 8.00. The highest BCUT2D eigenvalue weighted by atomic mass is 32.2. The molecule has 0 radical (unpaired) electrons. The molecule has 1 aliphatic heterocycles. The van der Waals surface area contributed by atoms with Crippen molar-refractivity contribution in [1.82, 2.24) is 0 Å². The van der Waals surface area contributed by atoms with Crippen molar-refractivity contribution in [3.63, 3.8) is 0 Å². The first kappa shape index (κ1) is 7.88. The second kappa shape index (κ2) is 3.83. The Labute approximate surface area is 63.8 Å². The van der Waals surface area contributed by atoms with Crippen LogP contribution in [-0.2, 0) is 9.53 Å². The van der Waals surface area contributed by atoms with Crippen molar-refractivity contribution in [2.45, 2.75) is 11.7 Å². The third-order valence-corrected chi connectivity index (χ3v) is 2.46. The van der Waals surface area contributed by atoms with E-state index in [1.54, 1.807) is 11.8 Å². The van der Waals surface area contributed by atoms with Crippen LogP contribution in [0.2, 0.25) is 0 Å². The molecule has 0 aliphatic carbocycles. The van der Waals surface area contributed by atoms with Gasteiger partial charge in [0.2, 0.25) is 0 Å². The number of rotatable bonds is 2. The normalized spacial score (nSPS) is 26.2. The predicted octanol–water partition coefficient (Wildman–Crippen LogP) is 0.593. The maximum absolute atomic E-state index is 10.2. The van der Waals surface area contributed by atoms with Crippen molar-refractivity contribution in [3.05, 3.63) is 0 Å². The van der Waals surface area contributed by atoms with Gasteiger partial charge in [-0.1, -0.05) is 0 Å². The van der Waals surface area contributed by atoms with E-state index in [4.69, 9.17) is 9.84 Å². The third-order valence-electron chi connectivity index (χ3n) is 1.29. The third kappa shape index (κ3) is 2.58. The van der Waals surface area contributed by atoms with E-state index >= 15 is 0 Å². The summed E-state index contributed by atoms with van der Waals surface area (Å²) in [4.78, 5) is 10.2. The minimum absolute atomic E-state index is 0.172. The highest BCUT2D eigenvalue weighted by Gasteiger charge is 2.16. The van der Waals surface area contributed by atoms with Crippen LogP contribution in [0, 0.1) is 0 Å². The van der Waals surface area contributed by atoms with E-state index in [2.05, 4.69) is 0 Å². The van der Waals surface area contributed by atoms with Gasteiger partial charge < -0.3 is 9.84 Å². The number of ether oxygens (including phenoxy) is 1. The van der Waals surface area contributed by atoms with Crippen molar-refractivity contribution in [3.8, 4) is 0 Å². The second-order valence-corrected chi connectivity index (χ2v) is 3.57. The molecule has 4 heteroatoms. The minimum atomic E-state index is -0.733. The lowest BCUT2D eigenvalue weighted by Gasteiger charge is -2.19. The molecule has 1 saturated heterocycles. The maximum atomic E-state index is 10.2. The maximum Gasteiger partial charge on any atom is 0.304 e. The highest BCUT2D eigenvalue weighted by Crippen LogP contribution is 2.18. The van der Waals surface area contributed by atoms with Gasteiger partial charge in [-0.25, -0.2) is 0 Å². The molecule has 0 amide bonds. The fourth-order valence-electron chi connectivity index (χ4n) is 0.849. The summed E-state index contributed by atoms with van der Waals surface area (Å²) in [5, 5.41) is 8.57. The van der Waals surface area contributed by atoms with Crippen LogP contribution in [0.15, 0.2) is 0 Å². The Hall–Kier alpha value is -0.220. The summed E-state index contributed by atoms with van der Waals surface area (Å²) >= 11 is 1.69. The summed E-state index contributed by atoms with van der Waals surface area (Å²) in [5.41, 5.74) is 0. The lowest BCUT2D eigenvalue weighted by atomic mass is 10.3. The number of aliphatic carboxylic acids is 1. The van der Waals surface area contributed by atoms with Crippen LogP contribution in [0.5, 0.6) is 0 Å². The molecule has 0 saturated carbocycles. The van der Waals surface area contributed by atoms with Crippen LogP contribution >= 0.6 is 11.8 Å². The van der Waals surface area contributed by atoms with Gasteiger partial charge in [0.05, 0.1) is 19.6 Å². The van der Waals surface area contributed by atoms with Gasteiger partial charge in [0, 0.05) is 11.0 Å². The SMILES string of the molecule is O=C(O)CC1COCCS1. The Morgan fingerprint density at radius 3 is 3.10 bits per heavy atom. The van der Waals surface area contributed by atoms with Crippen LogP contribution in [0.1, 0.15) is 6.42 Å². The summed E-state index contributed by atoms with van der Waals surface area (Å²) in [6.45, 7) is 1.36. The lowest BCUT2D eigenvalue weighted by molar-refractivity contribution is -0.137. The van der Waals surface area contributed by atoms with Gasteiger partial charge in [0.25, 0.3) is 0 Å². The van der Waals surface area contributed by atoms with Gasteiger partial charge >= 0.3 is 5.97 Å². The van der Waals surface area contributed by atoms with Crippen LogP contribution < -0.4 is 0 Å². The van der Waals surface area contributed by atoms with Crippen LogP contribution in [-0.4, -0.2) is 35.3 Å². The average Bonchev–Trinajstić information content (AvgIpc) is 1.88. The fraction of sp³-hybridized carbons (Fsp3) is 0.833. The second-order valence-electron chi connectivity index (χ2n) is 2.17. The summed E-state index contributed by atoms with van der Waals surface area (Å²) < 4.78 is 5.10. The van der Waals surface area contributed by atoms with Gasteiger partial charge in [0.1, 0.15) is 0 Å². The van der Waals surface area contributed by atoms with Gasteiger partial charge in [0.15, 0.2) is 0 Å². The topological polar surface area (TPSA) is 46.5 Å². The standard InChI is InChI=1S/C6H10O3S/c7-6(8)3-5-4-9-1-2-10-5/h5H,1-4H2,(H,7,8). The Morgan fingerprint density at radius 1 is 1.80 bits per heavy atom. The molecule has 0 bridgehead atoms. The lowest BCUT2D eigenvalue weighted by Crippen LogP contribution is -2.23. The zero-order chi connectivity index (χ0) is 7.40. The number of thioether (sulfide) groups is 1. The van der Waals surface area contributed by atoms with Crippen molar-refractivity contribution < 1.29 is 14.6 Å². The van der Waals surface area contributed by atoms with Gasteiger partial charge in [-0.2, -0.15) is 11.8 Å². The molecule has 0 spiro atoms. The molecule has 10 heavy (non-hydrogen) atoms. The molecule has 3 nitrogen and oxygen atoms in total. The Kier molecular flexibility index (Phi) is 3.02. The fourth-order valence-corrected chi connectivity index (χ4v) is 1.85. The molecule has 0 aromatic heterocycles. The summed E-state index contributed by atoms with van der Waals surface area (Å²) in [6.07, 6.45) is 0.227. The van der Waals surface area contributed by atoms with E-state index in [1.165, 1.54) is 0 Å². The Balaban J connectivity index is 2.19. The van der Waals surface area contributed by atoms with Gasteiger partial charge in [-0.15, -0.1) is 0 Å². The van der Waals surface area contributed by atoms with Crippen molar-refractivity contribution in [2.75, 3.05) is 19.0 Å². The van der Waals surface area contributed by atoms with Crippen molar-refractivity contribution in [2.24, 2.45) is 0 Å². The number of carboxylic acid groups (broad SMARTS) is 1. The number of hydrogen-bond acceptors (Lipinski definition) is 3. The minimum Gasteiger partial charge on any atom is -0.481 e. The van der Waals surface area contributed by atoms with E-state index in [1.807, 2.05) is 0 Å². The summed E-state index contributed by atoms with van der Waals surface area (Å²) in [5.74, 6) is 0.195. The molecule has 0 aromatic rings. The molecule has 0 aromatic carbocycles. The first-order valence-corrected chi connectivity index (χ1v) is 4.25. The van der Waals surface area contributed by atoms with E-state index < -0.39 is 5.97 Å². The van der Waals surface area contributed by atoms with Crippen LogP contribution in [0.3, 0.4) is 0 Å². The van der Waals surface area contributed by atoms with E-state index in [0.717, 1.165) is 12.4 Å². The summed E-state index contributed by atoms with van der Waals surface area (Å²) in [6, 6.07) is 0. The van der Waals surface area contributed by atoms with Gasteiger partial charge in [-0.05, 0) is 0 Å². The Morgan fingerprint density at radius 2 is 2.60 bits per heavy atom. The molecule has 1 atom stereocenters. The first-order valence-electron chi connectivity index (χ1n) is 3.20. The molecule has 1 fully saturated rings. The number of hydrogen-bond donors (Lipinski definition) is 1. The molecule has 1 N–H and O–H groups in total. The molecule has 1 unspecified atom stereocenters. The number of carboxylic acids is 1. The summed E-state index contributed by atoms with van der Waals surface area (Å²) in [7, 11) is 0. The molecule has 1 rings (SSSR count). The van der Waals surface area contributed by atoms with Gasteiger partial charge in [-0.3, -0.25) is 4.79 Å². The quantitative estimate of drug-likeness (QED) is 0.645. The predicted molar refractivity (Wildman–Crippen MR) is 39.3 cm³/mol. The van der Waals surface area contributed by atoms with E-state index in [9.17, 15) is 4.79 Å². The molecule has 1 heterocycles. The van der Waals surface area contributed by atoms with E-state index in [0.29, 0.717) is 6.61 Å². The van der Waals surface area contributed by atoms with Crippen LogP contribution in [0.4, 0.5) is 0 Å². The molecule has 1 aliphatic rings. The zero-order valence-corrected chi connectivity index (χ0v) is 6.39. The molecular weight excluding hydrogens is 152 g/mol. The number of carbonyl (C=O) groups is 1. The zero-order valence-electron chi connectivity index (χ0n) is 5.58.